The Labute approximate surface area is 132 Å². The number of fused-ring (bicyclic) bond motifs is 1. The molecule has 0 saturated carbocycles. The van der Waals surface area contributed by atoms with Crippen molar-refractivity contribution in [2.24, 2.45) is 0 Å². The van der Waals surface area contributed by atoms with Crippen LogP contribution in [0, 0.1) is 10.1 Å². The highest BCUT2D eigenvalue weighted by molar-refractivity contribution is 5.98. The molecule has 118 valence electrons. The monoisotopic (exact) mass is 314 g/mol. The highest BCUT2D eigenvalue weighted by Gasteiger charge is 2.18. The zero-order chi connectivity index (χ0) is 16.2. The van der Waals surface area contributed by atoms with Crippen molar-refractivity contribution in [2.45, 2.75) is 6.42 Å². The second kappa shape index (κ2) is 6.35. The predicted octanol–water partition coefficient (Wildman–Crippen LogP) is 2.30. The highest BCUT2D eigenvalue weighted by Crippen LogP contribution is 2.32. The Morgan fingerprint density at radius 1 is 1.17 bits per heavy atom. The molecule has 1 heterocycles. The zero-order valence-electron chi connectivity index (χ0n) is 12.2. The summed E-state index contributed by atoms with van der Waals surface area (Å²) in [6.07, 6.45) is 0.586. The summed E-state index contributed by atoms with van der Waals surface area (Å²) in [7, 11) is 0. The van der Waals surface area contributed by atoms with Gasteiger partial charge in [-0.1, -0.05) is 18.2 Å². The van der Waals surface area contributed by atoms with E-state index in [0.717, 1.165) is 5.56 Å². The standard InChI is InChI=1S/C16H14N2O5/c19-16(12-3-1-2-4-13(12)18(20)21)17-8-7-11-5-6-14-15(9-11)23-10-22-14/h1-6,9H,7-8,10H2,(H,17,19). The van der Waals surface area contributed by atoms with Gasteiger partial charge < -0.3 is 14.8 Å². The summed E-state index contributed by atoms with van der Waals surface area (Å²) in [4.78, 5) is 22.5. The first-order valence-corrected chi connectivity index (χ1v) is 7.05. The first-order chi connectivity index (χ1) is 11.1. The molecule has 7 heteroatoms. The van der Waals surface area contributed by atoms with Crippen molar-refractivity contribution >= 4 is 11.6 Å². The number of benzene rings is 2. The van der Waals surface area contributed by atoms with E-state index in [4.69, 9.17) is 9.47 Å². The number of nitrogens with one attached hydrogen (secondary N) is 1. The number of amides is 1. The zero-order valence-corrected chi connectivity index (χ0v) is 12.2. The fourth-order valence-electron chi connectivity index (χ4n) is 2.34. The van der Waals surface area contributed by atoms with E-state index in [-0.39, 0.29) is 18.0 Å². The van der Waals surface area contributed by atoms with Crippen LogP contribution >= 0.6 is 0 Å². The lowest BCUT2D eigenvalue weighted by atomic mass is 10.1. The molecule has 23 heavy (non-hydrogen) atoms. The number of rotatable bonds is 5. The normalized spacial score (nSPS) is 12.0. The lowest BCUT2D eigenvalue weighted by molar-refractivity contribution is -0.385. The second-order valence-corrected chi connectivity index (χ2v) is 4.97. The minimum absolute atomic E-state index is 0.0585. The Morgan fingerprint density at radius 2 is 1.96 bits per heavy atom. The predicted molar refractivity (Wildman–Crippen MR) is 81.7 cm³/mol. The fourth-order valence-corrected chi connectivity index (χ4v) is 2.34. The lowest BCUT2D eigenvalue weighted by Crippen LogP contribution is -2.26. The first kappa shape index (κ1) is 14.8. The highest BCUT2D eigenvalue weighted by atomic mass is 16.7. The third-order valence-electron chi connectivity index (χ3n) is 3.48. The van der Waals surface area contributed by atoms with Gasteiger partial charge in [-0.3, -0.25) is 14.9 Å². The topological polar surface area (TPSA) is 90.7 Å². The van der Waals surface area contributed by atoms with E-state index in [1.54, 1.807) is 6.07 Å². The number of carbonyl (C=O) groups excluding carboxylic acids is 1. The van der Waals surface area contributed by atoms with Gasteiger partial charge in [0, 0.05) is 12.6 Å². The van der Waals surface area contributed by atoms with E-state index >= 15 is 0 Å². The van der Waals surface area contributed by atoms with Crippen LogP contribution in [0.1, 0.15) is 15.9 Å². The van der Waals surface area contributed by atoms with Crippen molar-refractivity contribution in [3.63, 3.8) is 0 Å². The summed E-state index contributed by atoms with van der Waals surface area (Å²) < 4.78 is 10.5. The summed E-state index contributed by atoms with van der Waals surface area (Å²) in [5.41, 5.74) is 0.841. The van der Waals surface area contributed by atoms with Crippen molar-refractivity contribution < 1.29 is 19.2 Å². The van der Waals surface area contributed by atoms with Crippen LogP contribution in [0.4, 0.5) is 5.69 Å². The molecule has 7 nitrogen and oxygen atoms in total. The molecule has 0 radical (unpaired) electrons. The number of ether oxygens (including phenoxy) is 2. The van der Waals surface area contributed by atoms with Crippen LogP contribution in [0.3, 0.4) is 0 Å². The molecule has 2 aromatic carbocycles. The van der Waals surface area contributed by atoms with Gasteiger partial charge in [0.1, 0.15) is 5.56 Å². The van der Waals surface area contributed by atoms with Gasteiger partial charge in [0.05, 0.1) is 4.92 Å². The summed E-state index contributed by atoms with van der Waals surface area (Å²) in [5, 5.41) is 13.6. The smallest absolute Gasteiger partial charge is 0.282 e. The first-order valence-electron chi connectivity index (χ1n) is 7.05. The number of carbonyl (C=O) groups is 1. The van der Waals surface area contributed by atoms with E-state index in [9.17, 15) is 14.9 Å². The van der Waals surface area contributed by atoms with Gasteiger partial charge in [0.2, 0.25) is 6.79 Å². The minimum Gasteiger partial charge on any atom is -0.454 e. The van der Waals surface area contributed by atoms with E-state index in [1.165, 1.54) is 18.2 Å². The second-order valence-electron chi connectivity index (χ2n) is 4.97. The van der Waals surface area contributed by atoms with Gasteiger partial charge in [-0.05, 0) is 30.2 Å². The van der Waals surface area contributed by atoms with E-state index in [0.29, 0.717) is 24.5 Å². The molecule has 0 aromatic heterocycles. The van der Waals surface area contributed by atoms with E-state index < -0.39 is 10.8 Å². The SMILES string of the molecule is O=C(NCCc1ccc2c(c1)OCO2)c1ccccc1[N+](=O)[O-]. The number of nitro groups is 1. The molecule has 0 spiro atoms. The van der Waals surface area contributed by atoms with E-state index in [1.807, 2.05) is 18.2 Å². The molecule has 0 unspecified atom stereocenters. The van der Waals surface area contributed by atoms with Gasteiger partial charge in [-0.2, -0.15) is 0 Å². The largest absolute Gasteiger partial charge is 0.454 e. The number of para-hydroxylation sites is 1. The Kier molecular flexibility index (Phi) is 4.09. The lowest BCUT2D eigenvalue weighted by Gasteiger charge is -2.06. The molecule has 0 atom stereocenters. The number of hydrogen-bond donors (Lipinski definition) is 1. The quantitative estimate of drug-likeness (QED) is 0.675. The molecular weight excluding hydrogens is 300 g/mol. The maximum Gasteiger partial charge on any atom is 0.282 e. The minimum atomic E-state index is -0.563. The Hall–Kier alpha value is -3.09. The summed E-state index contributed by atoms with van der Waals surface area (Å²) in [6, 6.07) is 11.5. The summed E-state index contributed by atoms with van der Waals surface area (Å²) in [6.45, 7) is 0.581. The molecule has 3 rings (SSSR count). The molecule has 0 aliphatic carbocycles. The van der Waals surface area contributed by atoms with Crippen LogP contribution < -0.4 is 14.8 Å². The number of hydrogen-bond acceptors (Lipinski definition) is 5. The average Bonchev–Trinajstić information content (AvgIpc) is 3.02. The average molecular weight is 314 g/mol. The third-order valence-corrected chi connectivity index (χ3v) is 3.48. The number of nitro benzene ring substituents is 1. The van der Waals surface area contributed by atoms with Crippen molar-refractivity contribution in [3.05, 3.63) is 63.7 Å². The molecule has 1 aliphatic heterocycles. The van der Waals surface area contributed by atoms with Gasteiger partial charge >= 0.3 is 0 Å². The van der Waals surface area contributed by atoms with Gasteiger partial charge in [0.25, 0.3) is 11.6 Å². The van der Waals surface area contributed by atoms with Crippen LogP contribution in [-0.2, 0) is 6.42 Å². The van der Waals surface area contributed by atoms with Crippen molar-refractivity contribution in [1.29, 1.82) is 0 Å². The molecule has 1 N–H and O–H groups in total. The Morgan fingerprint density at radius 3 is 2.78 bits per heavy atom. The van der Waals surface area contributed by atoms with Crippen molar-refractivity contribution in [3.8, 4) is 11.5 Å². The summed E-state index contributed by atoms with van der Waals surface area (Å²) >= 11 is 0. The van der Waals surface area contributed by atoms with Crippen LogP contribution in [-0.4, -0.2) is 24.2 Å². The Balaban J connectivity index is 1.61. The van der Waals surface area contributed by atoms with Crippen LogP contribution in [0.2, 0.25) is 0 Å². The molecule has 0 fully saturated rings. The van der Waals surface area contributed by atoms with Gasteiger partial charge in [0.15, 0.2) is 11.5 Å². The molecular formula is C16H14N2O5. The van der Waals surface area contributed by atoms with Crippen LogP contribution in [0.25, 0.3) is 0 Å². The molecule has 1 aliphatic rings. The Bertz CT molecular complexity index is 760. The van der Waals surface area contributed by atoms with Gasteiger partial charge in [-0.15, -0.1) is 0 Å². The molecule has 2 aromatic rings. The fraction of sp³-hybridized carbons (Fsp3) is 0.188. The van der Waals surface area contributed by atoms with Crippen LogP contribution in [0.5, 0.6) is 11.5 Å². The summed E-state index contributed by atoms with van der Waals surface area (Å²) in [5.74, 6) is 0.934. The third kappa shape index (κ3) is 3.23. The molecule has 0 bridgehead atoms. The van der Waals surface area contributed by atoms with Crippen molar-refractivity contribution in [2.75, 3.05) is 13.3 Å². The van der Waals surface area contributed by atoms with Crippen LogP contribution in [0.15, 0.2) is 42.5 Å². The van der Waals surface area contributed by atoms with Gasteiger partial charge in [-0.25, -0.2) is 0 Å². The number of nitrogens with zero attached hydrogens (tertiary/aromatic N) is 1. The molecule has 0 saturated heterocycles. The maximum absolute atomic E-state index is 12.1. The van der Waals surface area contributed by atoms with Crippen molar-refractivity contribution in [1.82, 2.24) is 5.32 Å². The van der Waals surface area contributed by atoms with E-state index in [2.05, 4.69) is 5.32 Å². The molecule has 1 amide bonds. The maximum atomic E-state index is 12.1.